The number of rotatable bonds is 3. The van der Waals surface area contributed by atoms with Crippen LogP contribution >= 0.6 is 11.6 Å². The predicted molar refractivity (Wildman–Crippen MR) is 26.8 cm³/mol. The van der Waals surface area contributed by atoms with E-state index in [1.165, 1.54) is 0 Å². The highest BCUT2D eigenvalue weighted by Crippen LogP contribution is 2.05. The number of Topliss-reactive ketones (excluding diaryl/α,β-unsaturated/α-hetero) is 1. The summed E-state index contributed by atoms with van der Waals surface area (Å²) >= 11 is 4.40. The summed E-state index contributed by atoms with van der Waals surface area (Å²) < 4.78 is 34.3. The summed E-state index contributed by atoms with van der Waals surface area (Å²) in [7, 11) is 0. The van der Waals surface area contributed by atoms with Gasteiger partial charge in [-0.2, -0.15) is 0 Å². The lowest BCUT2D eigenvalue weighted by atomic mass is 10.3. The second-order valence-electron chi connectivity index (χ2n) is 1.37. The van der Waals surface area contributed by atoms with Crippen LogP contribution in [0.1, 0.15) is 0 Å². The minimum Gasteiger partial charge on any atom is -0.289 e. The highest BCUT2D eigenvalue weighted by molar-refractivity contribution is 6.66. The molecule has 1 atom stereocenters. The zero-order chi connectivity index (χ0) is 8.31. The minimum atomic E-state index is -3.49. The number of ketones is 1. The van der Waals surface area contributed by atoms with Gasteiger partial charge in [-0.05, 0) is 11.6 Å². The van der Waals surface area contributed by atoms with Gasteiger partial charge in [0.2, 0.25) is 12.0 Å². The lowest BCUT2D eigenvalue weighted by Crippen LogP contribution is -2.27. The highest BCUT2D eigenvalue weighted by Gasteiger charge is 2.31. The average Bonchev–Trinajstić information content (AvgIpc) is 1.84. The van der Waals surface area contributed by atoms with Crippen molar-refractivity contribution in [2.45, 2.75) is 12.6 Å². The van der Waals surface area contributed by atoms with Crippen LogP contribution in [-0.4, -0.2) is 23.6 Å². The van der Waals surface area contributed by atoms with Gasteiger partial charge in [0.1, 0.15) is 0 Å². The van der Waals surface area contributed by atoms with E-state index in [0.717, 1.165) is 0 Å². The maximum absolute atomic E-state index is 11.9. The Hall–Kier alpha value is -0.580. The van der Waals surface area contributed by atoms with E-state index < -0.39 is 23.6 Å². The van der Waals surface area contributed by atoms with Crippen molar-refractivity contribution in [2.75, 3.05) is 0 Å². The summed E-state index contributed by atoms with van der Waals surface area (Å²) in [4.78, 5) is 19.6. The first-order valence-electron chi connectivity index (χ1n) is 2.12. The summed E-state index contributed by atoms with van der Waals surface area (Å²) in [6.07, 6.45) is -6.39. The van der Waals surface area contributed by atoms with Gasteiger partial charge in [0.25, 0.3) is 11.7 Å². The van der Waals surface area contributed by atoms with Crippen molar-refractivity contribution in [3.63, 3.8) is 0 Å². The Morgan fingerprint density at radius 3 is 1.70 bits per heavy atom. The summed E-state index contributed by atoms with van der Waals surface area (Å²) in [5, 5.41) is -1.72. The molecule has 0 saturated carbocycles. The third kappa shape index (κ3) is 2.34. The molecule has 10 heavy (non-hydrogen) atoms. The van der Waals surface area contributed by atoms with E-state index in [0.29, 0.717) is 0 Å². The predicted octanol–water partition coefficient (Wildman–Crippen LogP) is 0.924. The molecule has 0 aromatic rings. The van der Waals surface area contributed by atoms with Crippen LogP contribution in [0.25, 0.3) is 0 Å². The molecular weight excluding hydrogens is 172 g/mol. The first kappa shape index (κ1) is 9.42. The second kappa shape index (κ2) is 3.55. The van der Waals surface area contributed by atoms with Gasteiger partial charge in [-0.25, -0.2) is 13.2 Å². The van der Waals surface area contributed by atoms with Crippen molar-refractivity contribution in [1.82, 2.24) is 0 Å². The zero-order valence-corrected chi connectivity index (χ0v) is 5.24. The molecule has 0 fully saturated rings. The van der Waals surface area contributed by atoms with Crippen molar-refractivity contribution < 1.29 is 22.8 Å². The molecule has 0 amide bonds. The van der Waals surface area contributed by atoms with Gasteiger partial charge < -0.3 is 0 Å². The van der Waals surface area contributed by atoms with Gasteiger partial charge in [0.15, 0.2) is 0 Å². The van der Waals surface area contributed by atoms with Crippen molar-refractivity contribution in [3.05, 3.63) is 0 Å². The molecule has 0 aromatic heterocycles. The number of hydrogen-bond donors (Lipinski definition) is 0. The largest absolute Gasteiger partial charge is 0.299 e. The molecule has 0 aromatic carbocycles. The quantitative estimate of drug-likeness (QED) is 0.471. The molecule has 1 unspecified atom stereocenters. The highest BCUT2D eigenvalue weighted by atomic mass is 35.5. The summed E-state index contributed by atoms with van der Waals surface area (Å²) in [6.45, 7) is 0. The molecule has 0 bridgehead atoms. The molecular formula is C4H2ClF3O2. The van der Waals surface area contributed by atoms with Crippen LogP contribution in [0, 0.1) is 0 Å². The maximum Gasteiger partial charge on any atom is 0.299 e. The van der Waals surface area contributed by atoms with Crippen molar-refractivity contribution in [1.29, 1.82) is 0 Å². The molecule has 0 radical (unpaired) electrons. The molecule has 0 saturated heterocycles. The molecule has 0 aliphatic rings. The first-order valence-corrected chi connectivity index (χ1v) is 2.50. The van der Waals surface area contributed by atoms with Gasteiger partial charge in [-0.3, -0.25) is 9.59 Å². The lowest BCUT2D eigenvalue weighted by Gasteiger charge is -1.98. The standard InChI is InChI=1S/C4H2ClF3O2/c5-3(10)1(6)2(9)4(7)8/h1,4H. The van der Waals surface area contributed by atoms with Crippen LogP contribution in [0.4, 0.5) is 13.2 Å². The topological polar surface area (TPSA) is 34.1 Å². The van der Waals surface area contributed by atoms with Gasteiger partial charge in [-0.1, -0.05) is 0 Å². The van der Waals surface area contributed by atoms with E-state index in [2.05, 4.69) is 11.6 Å². The van der Waals surface area contributed by atoms with Crippen LogP contribution in [0.3, 0.4) is 0 Å². The molecule has 6 heteroatoms. The average molecular weight is 175 g/mol. The van der Waals surface area contributed by atoms with E-state index in [-0.39, 0.29) is 0 Å². The van der Waals surface area contributed by atoms with Gasteiger partial charge in [-0.15, -0.1) is 0 Å². The van der Waals surface area contributed by atoms with E-state index in [1.807, 2.05) is 0 Å². The fraction of sp³-hybridized carbons (Fsp3) is 0.500. The fourth-order valence-corrected chi connectivity index (χ4v) is 0.330. The molecule has 0 aliphatic carbocycles. The Bertz CT molecular complexity index is 159. The number of carbonyl (C=O) groups excluding carboxylic acids is 2. The Kier molecular flexibility index (Phi) is 3.35. The van der Waals surface area contributed by atoms with Gasteiger partial charge >= 0.3 is 0 Å². The van der Waals surface area contributed by atoms with Crippen LogP contribution < -0.4 is 0 Å². The van der Waals surface area contributed by atoms with Crippen LogP contribution in [0.5, 0.6) is 0 Å². The molecule has 58 valence electrons. The van der Waals surface area contributed by atoms with E-state index in [9.17, 15) is 22.8 Å². The minimum absolute atomic E-state index is 1.72. The Labute approximate surface area is 59.0 Å². The number of alkyl halides is 3. The first-order chi connectivity index (χ1) is 4.46. The Morgan fingerprint density at radius 2 is 1.60 bits per heavy atom. The normalized spacial score (nSPS) is 13.3. The Morgan fingerprint density at radius 1 is 1.20 bits per heavy atom. The molecule has 0 spiro atoms. The summed E-state index contributed by atoms with van der Waals surface area (Å²) in [6, 6.07) is 0. The fourth-order valence-electron chi connectivity index (χ4n) is 0.222. The second-order valence-corrected chi connectivity index (χ2v) is 1.74. The van der Waals surface area contributed by atoms with E-state index in [4.69, 9.17) is 0 Å². The number of hydrogen-bond acceptors (Lipinski definition) is 2. The maximum atomic E-state index is 11.9. The SMILES string of the molecule is O=C(Cl)C(F)C(=O)C(F)F. The van der Waals surface area contributed by atoms with Crippen molar-refractivity contribution in [2.24, 2.45) is 0 Å². The number of carbonyl (C=O) groups is 2. The molecule has 0 rings (SSSR count). The van der Waals surface area contributed by atoms with Gasteiger partial charge in [0, 0.05) is 0 Å². The van der Waals surface area contributed by atoms with Crippen molar-refractivity contribution >= 4 is 22.6 Å². The lowest BCUT2D eigenvalue weighted by molar-refractivity contribution is -0.138. The zero-order valence-electron chi connectivity index (χ0n) is 4.48. The Balaban J connectivity index is 4.08. The summed E-state index contributed by atoms with van der Waals surface area (Å²) in [5.74, 6) is -2.10. The molecule has 0 heterocycles. The summed E-state index contributed by atoms with van der Waals surface area (Å²) in [5.41, 5.74) is 0. The molecule has 2 nitrogen and oxygen atoms in total. The molecule has 0 N–H and O–H groups in total. The third-order valence-electron chi connectivity index (χ3n) is 0.664. The van der Waals surface area contributed by atoms with Crippen LogP contribution in [-0.2, 0) is 9.59 Å². The number of halogens is 4. The van der Waals surface area contributed by atoms with E-state index in [1.54, 1.807) is 0 Å². The smallest absolute Gasteiger partial charge is 0.289 e. The monoisotopic (exact) mass is 174 g/mol. The van der Waals surface area contributed by atoms with E-state index >= 15 is 0 Å². The van der Waals surface area contributed by atoms with Crippen LogP contribution in [0.15, 0.2) is 0 Å². The van der Waals surface area contributed by atoms with Crippen molar-refractivity contribution in [3.8, 4) is 0 Å². The molecule has 0 aliphatic heterocycles. The van der Waals surface area contributed by atoms with Gasteiger partial charge in [0.05, 0.1) is 0 Å². The van der Waals surface area contributed by atoms with Crippen LogP contribution in [0.2, 0.25) is 0 Å². The third-order valence-corrected chi connectivity index (χ3v) is 0.856.